The van der Waals surface area contributed by atoms with Crippen LogP contribution >= 0.6 is 0 Å². The first-order valence-corrected chi connectivity index (χ1v) is 17.7. The van der Waals surface area contributed by atoms with Crippen molar-refractivity contribution >= 4 is 0 Å². The predicted molar refractivity (Wildman–Crippen MR) is 207 cm³/mol. The van der Waals surface area contributed by atoms with Gasteiger partial charge in [-0.3, -0.25) is 0 Å². The highest BCUT2D eigenvalue weighted by molar-refractivity contribution is 5.49. The fraction of sp³-hybridized carbons (Fsp3) is 0.250. The van der Waals surface area contributed by atoms with Gasteiger partial charge in [0, 0.05) is 11.8 Å². The van der Waals surface area contributed by atoms with Gasteiger partial charge in [-0.15, -0.1) is 0 Å². The van der Waals surface area contributed by atoms with Crippen LogP contribution in [0.3, 0.4) is 0 Å². The molecule has 0 radical (unpaired) electrons. The van der Waals surface area contributed by atoms with Crippen molar-refractivity contribution in [1.29, 1.82) is 0 Å². The van der Waals surface area contributed by atoms with Gasteiger partial charge < -0.3 is 0 Å². The molecular formula is C48H52. The molecule has 0 heteroatoms. The largest absolute Gasteiger partial charge is 0.0622 e. The molecule has 0 aliphatic heterocycles. The molecule has 6 aromatic rings. The SMILES string of the molecule is CC(c1ccccc1)C(Cc1ccccc1)C(C)c1ccccc1.Cc1ccc(C(C)c2ccccc2)c(C(C)c2ccccc2)c1C. The zero-order valence-corrected chi connectivity index (χ0v) is 29.7. The molecule has 4 atom stereocenters. The summed E-state index contributed by atoms with van der Waals surface area (Å²) >= 11 is 0. The second-order valence-corrected chi connectivity index (χ2v) is 13.5. The molecule has 244 valence electrons. The van der Waals surface area contributed by atoms with Gasteiger partial charge in [0.2, 0.25) is 0 Å². The van der Waals surface area contributed by atoms with Gasteiger partial charge in [0.05, 0.1) is 0 Å². The maximum atomic E-state index is 2.38. The van der Waals surface area contributed by atoms with E-state index in [1.165, 1.54) is 50.1 Å². The summed E-state index contributed by atoms with van der Waals surface area (Å²) in [6.45, 7) is 13.9. The van der Waals surface area contributed by atoms with Crippen LogP contribution in [0.15, 0.2) is 164 Å². The maximum absolute atomic E-state index is 2.38. The van der Waals surface area contributed by atoms with E-state index in [4.69, 9.17) is 0 Å². The first kappa shape index (κ1) is 34.6. The molecule has 6 rings (SSSR count). The van der Waals surface area contributed by atoms with Crippen molar-refractivity contribution in [2.75, 3.05) is 0 Å². The monoisotopic (exact) mass is 628 g/mol. The fourth-order valence-electron chi connectivity index (χ4n) is 7.32. The van der Waals surface area contributed by atoms with Gasteiger partial charge in [-0.25, -0.2) is 0 Å². The molecule has 6 aromatic carbocycles. The molecule has 48 heavy (non-hydrogen) atoms. The van der Waals surface area contributed by atoms with Crippen molar-refractivity contribution in [3.63, 3.8) is 0 Å². The van der Waals surface area contributed by atoms with Gasteiger partial charge in [-0.2, -0.15) is 0 Å². The molecule has 0 saturated heterocycles. The molecular weight excluding hydrogens is 577 g/mol. The molecule has 0 bridgehead atoms. The van der Waals surface area contributed by atoms with E-state index >= 15 is 0 Å². The average Bonchev–Trinajstić information content (AvgIpc) is 3.16. The van der Waals surface area contributed by atoms with Gasteiger partial charge in [0.15, 0.2) is 0 Å². The third kappa shape index (κ3) is 8.61. The van der Waals surface area contributed by atoms with E-state index in [0.29, 0.717) is 29.6 Å². The Morgan fingerprint density at radius 2 is 0.771 bits per heavy atom. The Labute approximate surface area is 290 Å². The first-order valence-electron chi connectivity index (χ1n) is 17.7. The molecule has 0 spiro atoms. The lowest BCUT2D eigenvalue weighted by Gasteiger charge is -2.31. The van der Waals surface area contributed by atoms with Gasteiger partial charge in [0.25, 0.3) is 0 Å². The van der Waals surface area contributed by atoms with Crippen molar-refractivity contribution in [2.24, 2.45) is 5.92 Å². The van der Waals surface area contributed by atoms with Crippen molar-refractivity contribution in [2.45, 2.75) is 71.6 Å². The van der Waals surface area contributed by atoms with E-state index in [1.54, 1.807) is 0 Å². The lowest BCUT2D eigenvalue weighted by molar-refractivity contribution is 0.379. The third-order valence-electron chi connectivity index (χ3n) is 10.6. The minimum atomic E-state index is 0.395. The van der Waals surface area contributed by atoms with E-state index in [0.717, 1.165) is 6.42 Å². The Bertz CT molecular complexity index is 1750. The standard InChI is InChI=1S/2C24H26/c1-17-15-16-23(19(3)21-11-7-5-8-12-21)24(18(17)2)20(4)22-13-9-6-10-14-22;1-19(22-14-8-4-9-15-22)24(18-21-12-6-3-7-13-21)20(2)23-16-10-5-11-17-23/h5-16,19-20H,1-4H3;3-17,19-20,24H,18H2,1-2H3. The van der Waals surface area contributed by atoms with Gasteiger partial charge in [-0.05, 0) is 88.1 Å². The molecule has 0 fully saturated rings. The maximum Gasteiger partial charge on any atom is 0.00666 e. The van der Waals surface area contributed by atoms with Crippen LogP contribution in [0.1, 0.15) is 101 Å². The lowest BCUT2D eigenvalue weighted by atomic mass is 9.74. The van der Waals surface area contributed by atoms with Crippen LogP contribution < -0.4 is 0 Å². The summed E-state index contributed by atoms with van der Waals surface area (Å²) in [6.07, 6.45) is 1.10. The summed E-state index contributed by atoms with van der Waals surface area (Å²) in [4.78, 5) is 0. The van der Waals surface area contributed by atoms with Crippen molar-refractivity contribution < 1.29 is 0 Å². The summed E-state index contributed by atoms with van der Waals surface area (Å²) < 4.78 is 0. The highest BCUT2D eigenvalue weighted by Crippen LogP contribution is 2.39. The van der Waals surface area contributed by atoms with Crippen LogP contribution in [0.4, 0.5) is 0 Å². The quantitative estimate of drug-likeness (QED) is 0.142. The molecule has 0 amide bonds. The number of rotatable bonds is 10. The smallest absolute Gasteiger partial charge is 0.00666 e. The molecule has 0 aliphatic carbocycles. The molecule has 4 unspecified atom stereocenters. The zero-order valence-electron chi connectivity index (χ0n) is 29.7. The van der Waals surface area contributed by atoms with Crippen molar-refractivity contribution in [3.8, 4) is 0 Å². The Balaban J connectivity index is 0.000000188. The number of benzene rings is 6. The molecule has 0 saturated carbocycles. The van der Waals surface area contributed by atoms with Crippen molar-refractivity contribution in [3.05, 3.63) is 214 Å². The average molecular weight is 629 g/mol. The predicted octanol–water partition coefficient (Wildman–Crippen LogP) is 13.1. The van der Waals surface area contributed by atoms with E-state index < -0.39 is 0 Å². The minimum absolute atomic E-state index is 0.395. The molecule has 0 aromatic heterocycles. The highest BCUT2D eigenvalue weighted by atomic mass is 14.3. The Kier molecular flexibility index (Phi) is 12.2. The second kappa shape index (κ2) is 16.9. The van der Waals surface area contributed by atoms with Crippen LogP contribution in [0, 0.1) is 19.8 Å². The first-order chi connectivity index (χ1) is 23.3. The minimum Gasteiger partial charge on any atom is -0.0622 e. The fourth-order valence-corrected chi connectivity index (χ4v) is 7.32. The summed E-state index contributed by atoms with van der Waals surface area (Å²) in [6, 6.07) is 59.0. The molecule has 0 heterocycles. The topological polar surface area (TPSA) is 0 Å². The van der Waals surface area contributed by atoms with E-state index in [-0.39, 0.29) is 0 Å². The van der Waals surface area contributed by atoms with Crippen LogP contribution in [0.2, 0.25) is 0 Å². The zero-order chi connectivity index (χ0) is 33.9. The Morgan fingerprint density at radius 1 is 0.396 bits per heavy atom. The van der Waals surface area contributed by atoms with E-state index in [9.17, 15) is 0 Å². The van der Waals surface area contributed by atoms with Crippen LogP contribution in [-0.2, 0) is 6.42 Å². The number of aryl methyl sites for hydroxylation is 1. The number of hydrogen-bond donors (Lipinski definition) is 0. The third-order valence-corrected chi connectivity index (χ3v) is 10.6. The highest BCUT2D eigenvalue weighted by Gasteiger charge is 2.26. The van der Waals surface area contributed by atoms with Gasteiger partial charge in [-0.1, -0.05) is 191 Å². The Hall–Kier alpha value is -4.68. The summed E-state index contributed by atoms with van der Waals surface area (Å²) in [5, 5.41) is 0. The molecule has 0 aliphatic rings. The van der Waals surface area contributed by atoms with Gasteiger partial charge in [0.1, 0.15) is 0 Å². The Morgan fingerprint density at radius 3 is 1.21 bits per heavy atom. The normalized spacial score (nSPS) is 14.1. The number of hydrogen-bond acceptors (Lipinski definition) is 0. The second-order valence-electron chi connectivity index (χ2n) is 13.5. The molecule has 0 N–H and O–H groups in total. The van der Waals surface area contributed by atoms with Crippen LogP contribution in [0.5, 0.6) is 0 Å². The lowest BCUT2D eigenvalue weighted by Crippen LogP contribution is -2.20. The molecule has 0 nitrogen and oxygen atoms in total. The van der Waals surface area contributed by atoms with Crippen LogP contribution in [0.25, 0.3) is 0 Å². The van der Waals surface area contributed by atoms with E-state index in [1.807, 2.05) is 0 Å². The summed E-state index contributed by atoms with van der Waals surface area (Å²) in [5.41, 5.74) is 12.8. The summed E-state index contributed by atoms with van der Waals surface area (Å²) in [7, 11) is 0. The van der Waals surface area contributed by atoms with Crippen LogP contribution in [-0.4, -0.2) is 0 Å². The van der Waals surface area contributed by atoms with Crippen molar-refractivity contribution in [1.82, 2.24) is 0 Å². The van der Waals surface area contributed by atoms with E-state index in [2.05, 4.69) is 205 Å². The summed E-state index contributed by atoms with van der Waals surface area (Å²) in [5.74, 6) is 2.39. The van der Waals surface area contributed by atoms with Gasteiger partial charge >= 0.3 is 0 Å².